The minimum Gasteiger partial charge on any atom is -0.309 e. The third-order valence-electron chi connectivity index (χ3n) is 11.6. The summed E-state index contributed by atoms with van der Waals surface area (Å²) >= 11 is 0. The molecule has 3 heterocycles. The van der Waals surface area contributed by atoms with Crippen LogP contribution >= 0.6 is 0 Å². The van der Waals surface area contributed by atoms with Gasteiger partial charge in [0, 0.05) is 49.4 Å². The van der Waals surface area contributed by atoms with Crippen molar-refractivity contribution in [1.82, 2.24) is 13.7 Å². The van der Waals surface area contributed by atoms with E-state index in [0.717, 1.165) is 5.69 Å². The average molecular weight is 722 g/mol. The van der Waals surface area contributed by atoms with E-state index in [2.05, 4.69) is 215 Å². The zero-order valence-corrected chi connectivity index (χ0v) is 32.2. The quantitative estimate of drug-likeness (QED) is 0.157. The molecular formula is C51H39N3Si. The molecule has 0 radical (unpaired) electrons. The fourth-order valence-electron chi connectivity index (χ4n) is 8.92. The van der Waals surface area contributed by atoms with Crippen molar-refractivity contribution in [3.8, 4) is 28.2 Å². The van der Waals surface area contributed by atoms with Crippen LogP contribution in [0, 0.1) is 0 Å². The summed E-state index contributed by atoms with van der Waals surface area (Å²) in [6.07, 6.45) is 0. The molecule has 0 spiro atoms. The molecule has 0 atom stereocenters. The lowest BCUT2D eigenvalue weighted by atomic mass is 10.0. The van der Waals surface area contributed by atoms with E-state index < -0.39 is 8.07 Å². The summed E-state index contributed by atoms with van der Waals surface area (Å²) in [5.74, 6) is 0. The Bertz CT molecular complexity index is 3280. The van der Waals surface area contributed by atoms with Gasteiger partial charge < -0.3 is 13.7 Å². The van der Waals surface area contributed by atoms with Crippen LogP contribution in [0.5, 0.6) is 0 Å². The van der Waals surface area contributed by atoms with Crippen molar-refractivity contribution in [1.29, 1.82) is 0 Å². The number of hydrogen-bond donors (Lipinski definition) is 0. The van der Waals surface area contributed by atoms with E-state index in [9.17, 15) is 0 Å². The van der Waals surface area contributed by atoms with Gasteiger partial charge in [-0.05, 0) is 83.9 Å². The lowest BCUT2D eigenvalue weighted by Crippen LogP contribution is -2.37. The number of nitrogens with zero attached hydrogens (tertiary/aromatic N) is 3. The SMILES string of the molecule is C[Si](C)(C)c1ccc(-n2c3ccccc3c3ccc(-c4ccc5c6ccccc6n(-c6ccc7c(c6)c6ccccc6n7-c6ccccc6)c5c4)cc32)cc1. The largest absolute Gasteiger partial charge is 0.309 e. The van der Waals surface area contributed by atoms with E-state index in [1.807, 2.05) is 0 Å². The minimum absolute atomic E-state index is 1.16. The first-order valence-electron chi connectivity index (χ1n) is 19.2. The van der Waals surface area contributed by atoms with Crippen LogP contribution in [0.4, 0.5) is 0 Å². The minimum atomic E-state index is -1.42. The number of rotatable bonds is 5. The number of benzene rings is 8. The summed E-state index contributed by atoms with van der Waals surface area (Å²) in [7, 11) is -1.42. The van der Waals surface area contributed by atoms with Gasteiger partial charge in [-0.15, -0.1) is 0 Å². The van der Waals surface area contributed by atoms with Crippen LogP contribution in [-0.4, -0.2) is 21.8 Å². The summed E-state index contributed by atoms with van der Waals surface area (Å²) in [6.45, 7) is 7.23. The molecule has 0 aliphatic rings. The van der Waals surface area contributed by atoms with Crippen molar-refractivity contribution >= 4 is 78.7 Å². The normalized spacial score (nSPS) is 12.3. The predicted molar refractivity (Wildman–Crippen MR) is 238 cm³/mol. The van der Waals surface area contributed by atoms with E-state index >= 15 is 0 Å². The van der Waals surface area contributed by atoms with Gasteiger partial charge in [-0.25, -0.2) is 0 Å². The average Bonchev–Trinajstić information content (AvgIpc) is 3.86. The van der Waals surface area contributed by atoms with Crippen LogP contribution in [0.3, 0.4) is 0 Å². The highest BCUT2D eigenvalue weighted by atomic mass is 28.3. The van der Waals surface area contributed by atoms with Crippen LogP contribution in [0.15, 0.2) is 182 Å². The summed E-state index contributed by atoms with van der Waals surface area (Å²) in [4.78, 5) is 0. The van der Waals surface area contributed by atoms with Gasteiger partial charge >= 0.3 is 0 Å². The second-order valence-corrected chi connectivity index (χ2v) is 20.9. The van der Waals surface area contributed by atoms with Crippen LogP contribution in [0.1, 0.15) is 0 Å². The third kappa shape index (κ3) is 4.88. The van der Waals surface area contributed by atoms with Crippen LogP contribution in [-0.2, 0) is 0 Å². The molecule has 4 heteroatoms. The van der Waals surface area contributed by atoms with E-state index in [-0.39, 0.29) is 0 Å². The molecule has 8 aromatic carbocycles. The molecule has 0 saturated carbocycles. The predicted octanol–water partition coefficient (Wildman–Crippen LogP) is 13.2. The first-order chi connectivity index (χ1) is 26.9. The molecule has 0 aliphatic heterocycles. The van der Waals surface area contributed by atoms with Gasteiger partial charge in [-0.2, -0.15) is 0 Å². The lowest BCUT2D eigenvalue weighted by molar-refractivity contribution is 1.16. The molecule has 0 amide bonds. The van der Waals surface area contributed by atoms with Crippen LogP contribution < -0.4 is 5.19 Å². The highest BCUT2D eigenvalue weighted by Gasteiger charge is 2.20. The number of aromatic nitrogens is 3. The number of fused-ring (bicyclic) bond motifs is 9. The standard InChI is InChI=1S/C51H39N3Si/c1-55(2,3)39-26-23-37(24-27-39)53-46-18-10-7-15-40(46)43-28-21-34(31-50(43)53)35-22-29-44-41-16-8-11-19-47(41)54(51(44)32-35)38-25-30-49-45(33-38)42-17-9-12-20-48(42)52(49)36-13-5-4-6-14-36/h4-33H,1-3H3. The zero-order valence-electron chi connectivity index (χ0n) is 31.2. The highest BCUT2D eigenvalue weighted by molar-refractivity contribution is 6.88. The fourth-order valence-corrected chi connectivity index (χ4v) is 10.1. The van der Waals surface area contributed by atoms with Gasteiger partial charge in [0.25, 0.3) is 0 Å². The Morgan fingerprint density at radius 1 is 0.291 bits per heavy atom. The highest BCUT2D eigenvalue weighted by Crippen LogP contribution is 2.40. The third-order valence-corrected chi connectivity index (χ3v) is 13.7. The molecule has 0 aliphatic carbocycles. The molecule has 0 saturated heterocycles. The molecule has 11 rings (SSSR count). The fraction of sp³-hybridized carbons (Fsp3) is 0.0588. The Morgan fingerprint density at radius 3 is 1.24 bits per heavy atom. The molecule has 0 unspecified atom stereocenters. The van der Waals surface area contributed by atoms with Crippen molar-refractivity contribution in [2.24, 2.45) is 0 Å². The summed E-state index contributed by atoms with van der Waals surface area (Å²) in [5.41, 5.74) is 13.2. The van der Waals surface area contributed by atoms with Gasteiger partial charge in [0.05, 0.1) is 41.2 Å². The maximum atomic E-state index is 2.46. The second-order valence-electron chi connectivity index (χ2n) is 15.9. The second kappa shape index (κ2) is 11.9. The summed E-state index contributed by atoms with van der Waals surface area (Å²) in [5, 5.41) is 9.03. The van der Waals surface area contributed by atoms with Crippen molar-refractivity contribution in [3.63, 3.8) is 0 Å². The van der Waals surface area contributed by atoms with Crippen LogP contribution in [0.25, 0.3) is 93.6 Å². The maximum Gasteiger partial charge on any atom is 0.0775 e. The molecule has 0 bridgehead atoms. The Labute approximate surface area is 320 Å². The van der Waals surface area contributed by atoms with Crippen molar-refractivity contribution < 1.29 is 0 Å². The summed E-state index contributed by atoms with van der Waals surface area (Å²) in [6, 6.07) is 67.4. The monoisotopic (exact) mass is 721 g/mol. The summed E-state index contributed by atoms with van der Waals surface area (Å²) < 4.78 is 7.28. The van der Waals surface area contributed by atoms with Gasteiger partial charge in [0.15, 0.2) is 0 Å². The van der Waals surface area contributed by atoms with Crippen molar-refractivity contribution in [2.45, 2.75) is 19.6 Å². The molecule has 0 N–H and O–H groups in total. The van der Waals surface area contributed by atoms with E-state index in [1.165, 1.54) is 93.1 Å². The maximum absolute atomic E-state index is 2.46. The Balaban J connectivity index is 1.11. The number of hydrogen-bond acceptors (Lipinski definition) is 0. The van der Waals surface area contributed by atoms with E-state index in [1.54, 1.807) is 0 Å². The molecule has 0 fully saturated rings. The van der Waals surface area contributed by atoms with Crippen molar-refractivity contribution in [3.05, 3.63) is 182 Å². The number of para-hydroxylation sites is 4. The molecule has 55 heavy (non-hydrogen) atoms. The lowest BCUT2D eigenvalue weighted by Gasteiger charge is -2.17. The Morgan fingerprint density at radius 2 is 0.691 bits per heavy atom. The molecular weight excluding hydrogens is 683 g/mol. The van der Waals surface area contributed by atoms with Crippen molar-refractivity contribution in [2.75, 3.05) is 0 Å². The molecule has 3 aromatic heterocycles. The molecule has 3 nitrogen and oxygen atoms in total. The molecule has 11 aromatic rings. The van der Waals surface area contributed by atoms with Crippen LogP contribution in [0.2, 0.25) is 19.6 Å². The molecule has 262 valence electrons. The zero-order chi connectivity index (χ0) is 36.8. The first-order valence-corrected chi connectivity index (χ1v) is 22.7. The van der Waals surface area contributed by atoms with Gasteiger partial charge in [-0.3, -0.25) is 0 Å². The van der Waals surface area contributed by atoms with E-state index in [4.69, 9.17) is 0 Å². The smallest absolute Gasteiger partial charge is 0.0775 e. The van der Waals surface area contributed by atoms with Gasteiger partial charge in [-0.1, -0.05) is 134 Å². The Hall–Kier alpha value is -6.62. The Kier molecular flexibility index (Phi) is 6.92. The first kappa shape index (κ1) is 31.9. The van der Waals surface area contributed by atoms with E-state index in [0.29, 0.717) is 0 Å². The topological polar surface area (TPSA) is 14.8 Å². The van der Waals surface area contributed by atoms with Gasteiger partial charge in [0.2, 0.25) is 0 Å². The van der Waals surface area contributed by atoms with Gasteiger partial charge in [0.1, 0.15) is 0 Å².